The molecule has 1 aliphatic rings. The normalized spacial score (nSPS) is 30.0. The Bertz CT molecular complexity index is 487. The molecule has 0 saturated carbocycles. The Hall–Kier alpha value is -2.16. The second kappa shape index (κ2) is 7.91. The van der Waals surface area contributed by atoms with Gasteiger partial charge in [-0.2, -0.15) is 0 Å². The summed E-state index contributed by atoms with van der Waals surface area (Å²) in [6, 6.07) is 0. The average Bonchev–Trinajstić information content (AvgIpc) is 2.36. The Kier molecular flexibility index (Phi) is 6.49. The number of carbonyl (C=O) groups is 4. The highest BCUT2D eigenvalue weighted by molar-refractivity contribution is 5.69. The molecule has 0 aromatic heterocycles. The van der Waals surface area contributed by atoms with Crippen LogP contribution >= 0.6 is 0 Å². The molecule has 0 amide bonds. The molecule has 23 heavy (non-hydrogen) atoms. The highest BCUT2D eigenvalue weighted by atomic mass is 16.7. The first kappa shape index (κ1) is 18.9. The van der Waals surface area contributed by atoms with E-state index < -0.39 is 54.6 Å². The van der Waals surface area contributed by atoms with Crippen LogP contribution in [0.15, 0.2) is 0 Å². The number of carbonyl (C=O) groups excluding carboxylic acids is 4. The molecule has 9 heteroatoms. The van der Waals surface area contributed by atoms with Gasteiger partial charge in [-0.3, -0.25) is 19.2 Å². The smallest absolute Gasteiger partial charge is 0.305 e. The lowest BCUT2D eigenvalue weighted by Crippen LogP contribution is -2.61. The van der Waals surface area contributed by atoms with Gasteiger partial charge in [-0.25, -0.2) is 0 Å². The van der Waals surface area contributed by atoms with Crippen LogP contribution in [-0.4, -0.2) is 54.6 Å². The van der Waals surface area contributed by atoms with Crippen LogP contribution in [0.1, 0.15) is 34.6 Å². The summed E-state index contributed by atoms with van der Waals surface area (Å²) in [4.78, 5) is 45.1. The third-order valence-electron chi connectivity index (χ3n) is 2.92. The Balaban J connectivity index is 3.15. The molecule has 0 aromatic rings. The Morgan fingerprint density at radius 2 is 1.04 bits per heavy atom. The Labute approximate surface area is 133 Å². The molecule has 0 radical (unpaired) electrons. The summed E-state index contributed by atoms with van der Waals surface area (Å²) in [6.07, 6.45) is -5.51. The minimum Gasteiger partial charge on any atom is -0.456 e. The Morgan fingerprint density at radius 3 is 1.48 bits per heavy atom. The SMILES string of the molecule is CC(=O)O[C@H]1O[C@H](C)[C@H](OC(C)=O)[C@@H](OC(C)=O)[C@H]1OC(C)=O. The van der Waals surface area contributed by atoms with Gasteiger partial charge in [0.2, 0.25) is 12.4 Å². The van der Waals surface area contributed by atoms with Crippen LogP contribution in [0.5, 0.6) is 0 Å². The van der Waals surface area contributed by atoms with Gasteiger partial charge in [-0.1, -0.05) is 0 Å². The van der Waals surface area contributed by atoms with Crippen LogP contribution < -0.4 is 0 Å². The van der Waals surface area contributed by atoms with Crippen molar-refractivity contribution in [1.29, 1.82) is 0 Å². The summed E-state index contributed by atoms with van der Waals surface area (Å²) in [5.41, 5.74) is 0. The number of rotatable bonds is 4. The van der Waals surface area contributed by atoms with Crippen LogP contribution in [0.25, 0.3) is 0 Å². The molecule has 9 nitrogen and oxygen atoms in total. The van der Waals surface area contributed by atoms with Gasteiger partial charge < -0.3 is 23.7 Å². The van der Waals surface area contributed by atoms with Crippen molar-refractivity contribution in [2.45, 2.75) is 65.3 Å². The molecular weight excluding hydrogens is 312 g/mol. The minimum absolute atomic E-state index is 0.630. The third-order valence-corrected chi connectivity index (χ3v) is 2.92. The van der Waals surface area contributed by atoms with Crippen molar-refractivity contribution in [3.63, 3.8) is 0 Å². The fourth-order valence-electron chi connectivity index (χ4n) is 2.23. The van der Waals surface area contributed by atoms with E-state index in [4.69, 9.17) is 23.7 Å². The molecule has 0 unspecified atom stereocenters. The fraction of sp³-hybridized carbons (Fsp3) is 0.714. The van der Waals surface area contributed by atoms with Crippen molar-refractivity contribution in [2.75, 3.05) is 0 Å². The van der Waals surface area contributed by atoms with Crippen molar-refractivity contribution >= 4 is 23.9 Å². The van der Waals surface area contributed by atoms with Gasteiger partial charge in [0.25, 0.3) is 0 Å². The van der Waals surface area contributed by atoms with Gasteiger partial charge in [0.15, 0.2) is 12.2 Å². The average molecular weight is 332 g/mol. The van der Waals surface area contributed by atoms with Crippen LogP contribution in [0, 0.1) is 0 Å². The second-order valence-electron chi connectivity index (χ2n) is 5.04. The number of esters is 4. The van der Waals surface area contributed by atoms with Gasteiger partial charge in [0.05, 0.1) is 6.10 Å². The lowest BCUT2D eigenvalue weighted by atomic mass is 9.99. The van der Waals surface area contributed by atoms with Crippen molar-refractivity contribution in [2.24, 2.45) is 0 Å². The van der Waals surface area contributed by atoms with Crippen LogP contribution in [0.2, 0.25) is 0 Å². The molecule has 1 heterocycles. The third kappa shape index (κ3) is 5.51. The molecule has 5 atom stereocenters. The van der Waals surface area contributed by atoms with Gasteiger partial charge in [-0.05, 0) is 6.92 Å². The molecule has 0 spiro atoms. The summed E-state index contributed by atoms with van der Waals surface area (Å²) in [5, 5.41) is 0. The zero-order valence-corrected chi connectivity index (χ0v) is 13.6. The van der Waals surface area contributed by atoms with Gasteiger partial charge in [-0.15, -0.1) is 0 Å². The quantitative estimate of drug-likeness (QED) is 0.521. The largest absolute Gasteiger partial charge is 0.456 e. The van der Waals surface area contributed by atoms with Crippen LogP contribution in [0.3, 0.4) is 0 Å². The van der Waals surface area contributed by atoms with Crippen LogP contribution in [0.4, 0.5) is 0 Å². The summed E-state index contributed by atoms with van der Waals surface area (Å²) >= 11 is 0. The number of hydrogen-bond donors (Lipinski definition) is 0. The Morgan fingerprint density at radius 1 is 0.652 bits per heavy atom. The maximum atomic E-state index is 11.4. The van der Waals surface area contributed by atoms with E-state index in [-0.39, 0.29) is 0 Å². The molecule has 130 valence electrons. The van der Waals surface area contributed by atoms with Gasteiger partial charge in [0, 0.05) is 27.7 Å². The summed E-state index contributed by atoms with van der Waals surface area (Å²) in [6.45, 7) is 6.16. The molecule has 0 aliphatic carbocycles. The minimum atomic E-state index is -1.29. The zero-order chi connectivity index (χ0) is 17.7. The van der Waals surface area contributed by atoms with E-state index in [9.17, 15) is 19.2 Å². The topological polar surface area (TPSA) is 114 Å². The van der Waals surface area contributed by atoms with E-state index in [1.54, 1.807) is 6.92 Å². The van der Waals surface area contributed by atoms with Crippen molar-refractivity contribution in [3.05, 3.63) is 0 Å². The lowest BCUT2D eigenvalue weighted by Gasteiger charge is -2.42. The van der Waals surface area contributed by atoms with E-state index >= 15 is 0 Å². The summed E-state index contributed by atoms with van der Waals surface area (Å²) in [5.74, 6) is -2.69. The molecule has 1 saturated heterocycles. The first-order valence-corrected chi connectivity index (χ1v) is 6.96. The maximum absolute atomic E-state index is 11.4. The molecule has 0 aromatic carbocycles. The van der Waals surface area contributed by atoms with Gasteiger partial charge in [0.1, 0.15) is 0 Å². The van der Waals surface area contributed by atoms with Crippen LogP contribution in [-0.2, 0) is 42.9 Å². The lowest BCUT2D eigenvalue weighted by molar-refractivity contribution is -0.292. The molecule has 0 N–H and O–H groups in total. The zero-order valence-electron chi connectivity index (χ0n) is 13.6. The predicted octanol–water partition coefficient (Wildman–Crippen LogP) is 0.0894. The van der Waals surface area contributed by atoms with E-state index in [2.05, 4.69) is 0 Å². The van der Waals surface area contributed by atoms with Crippen molar-refractivity contribution in [3.8, 4) is 0 Å². The monoisotopic (exact) mass is 332 g/mol. The second-order valence-corrected chi connectivity index (χ2v) is 5.04. The van der Waals surface area contributed by atoms with E-state index in [1.807, 2.05) is 0 Å². The highest BCUT2D eigenvalue weighted by Gasteiger charge is 2.51. The predicted molar refractivity (Wildman–Crippen MR) is 72.8 cm³/mol. The fourth-order valence-corrected chi connectivity index (χ4v) is 2.23. The molecular formula is C14H20O9. The molecule has 1 fully saturated rings. The van der Waals surface area contributed by atoms with E-state index in [0.717, 1.165) is 20.8 Å². The number of hydrogen-bond acceptors (Lipinski definition) is 9. The first-order valence-electron chi connectivity index (χ1n) is 6.96. The molecule has 1 rings (SSSR count). The van der Waals surface area contributed by atoms with E-state index in [0.29, 0.717) is 0 Å². The van der Waals surface area contributed by atoms with E-state index in [1.165, 1.54) is 6.92 Å². The summed E-state index contributed by atoms with van der Waals surface area (Å²) in [7, 11) is 0. The van der Waals surface area contributed by atoms with Crippen molar-refractivity contribution < 1.29 is 42.9 Å². The van der Waals surface area contributed by atoms with Gasteiger partial charge >= 0.3 is 23.9 Å². The van der Waals surface area contributed by atoms with Crippen molar-refractivity contribution in [1.82, 2.24) is 0 Å². The first-order chi connectivity index (χ1) is 10.6. The molecule has 1 aliphatic heterocycles. The maximum Gasteiger partial charge on any atom is 0.305 e. The summed E-state index contributed by atoms with van der Waals surface area (Å²) < 4.78 is 25.7. The highest BCUT2D eigenvalue weighted by Crippen LogP contribution is 2.29. The molecule has 0 bridgehead atoms. The number of ether oxygens (including phenoxy) is 5. The standard InChI is InChI=1S/C14H20O9/c1-6-11(20-7(2)15)12(21-8(3)16)13(22-9(4)17)14(19-6)23-10(5)18/h6,11-14H,1-5H3/t6-,11+,12-,13-,14-/m1/s1.